The lowest BCUT2D eigenvalue weighted by molar-refractivity contribution is -0.146. The largest absolute Gasteiger partial charge is 0.455 e. The van der Waals surface area contributed by atoms with Crippen molar-refractivity contribution < 1.29 is 14.3 Å². The van der Waals surface area contributed by atoms with Gasteiger partial charge >= 0.3 is 5.97 Å². The molecule has 0 atom stereocenters. The molecule has 0 aliphatic carbocycles. The van der Waals surface area contributed by atoms with Crippen LogP contribution in [0.1, 0.15) is 16.8 Å². The zero-order chi connectivity index (χ0) is 16.8. The molecule has 1 N–H and O–H groups in total. The van der Waals surface area contributed by atoms with Crippen LogP contribution in [0.3, 0.4) is 0 Å². The Bertz CT molecular complexity index is 714. The summed E-state index contributed by atoms with van der Waals surface area (Å²) in [5.74, 6) is -0.810. The lowest BCUT2D eigenvalue weighted by atomic mass is 10.2. The highest BCUT2D eigenvalue weighted by Crippen LogP contribution is 2.17. The molecule has 23 heavy (non-hydrogen) atoms. The number of nitrogens with one attached hydrogen (secondary N) is 1. The average Bonchev–Trinajstić information content (AvgIpc) is 2.50. The standard InChI is InChI=1S/C17H17IN2O3/c1-11-7-14(18)5-6-15(11)20-16(21)10-23-17(22)8-13-4-3-12(2)19-9-13/h3-7,9H,8,10H2,1-2H3,(H,20,21). The normalized spacial score (nSPS) is 10.2. The van der Waals surface area contributed by atoms with Gasteiger partial charge in [0.25, 0.3) is 5.91 Å². The molecule has 1 heterocycles. The molecule has 2 rings (SSSR count). The van der Waals surface area contributed by atoms with Crippen LogP contribution in [0.15, 0.2) is 36.5 Å². The first kappa shape index (κ1) is 17.4. The molecule has 6 heteroatoms. The number of rotatable bonds is 5. The highest BCUT2D eigenvalue weighted by Gasteiger charge is 2.10. The van der Waals surface area contributed by atoms with E-state index < -0.39 is 5.97 Å². The van der Waals surface area contributed by atoms with Crippen LogP contribution in [0.25, 0.3) is 0 Å². The zero-order valence-electron chi connectivity index (χ0n) is 12.9. The number of hydrogen-bond acceptors (Lipinski definition) is 4. The SMILES string of the molecule is Cc1ccc(CC(=O)OCC(=O)Nc2ccc(I)cc2C)cn1. The van der Waals surface area contributed by atoms with E-state index in [-0.39, 0.29) is 18.9 Å². The van der Waals surface area contributed by atoms with Gasteiger partial charge in [0.15, 0.2) is 6.61 Å². The molecule has 1 amide bonds. The zero-order valence-corrected chi connectivity index (χ0v) is 15.1. The number of aromatic nitrogens is 1. The molecule has 0 spiro atoms. The second kappa shape index (κ2) is 8.05. The number of esters is 1. The van der Waals surface area contributed by atoms with Gasteiger partial charge in [-0.1, -0.05) is 6.07 Å². The van der Waals surface area contributed by atoms with Gasteiger partial charge in [-0.2, -0.15) is 0 Å². The quantitative estimate of drug-likeness (QED) is 0.592. The number of aryl methyl sites for hydroxylation is 2. The van der Waals surface area contributed by atoms with Crippen molar-refractivity contribution in [2.24, 2.45) is 0 Å². The van der Waals surface area contributed by atoms with Crippen LogP contribution in [-0.2, 0) is 20.7 Å². The predicted molar refractivity (Wildman–Crippen MR) is 96.2 cm³/mol. The van der Waals surface area contributed by atoms with Crippen molar-refractivity contribution >= 4 is 40.2 Å². The predicted octanol–water partition coefficient (Wildman–Crippen LogP) is 3.03. The smallest absolute Gasteiger partial charge is 0.310 e. The lowest BCUT2D eigenvalue weighted by Gasteiger charge is -2.09. The van der Waals surface area contributed by atoms with E-state index >= 15 is 0 Å². The van der Waals surface area contributed by atoms with Crippen molar-refractivity contribution in [3.05, 3.63) is 56.9 Å². The van der Waals surface area contributed by atoms with Crippen LogP contribution in [0.4, 0.5) is 5.69 Å². The molecule has 120 valence electrons. The van der Waals surface area contributed by atoms with E-state index in [1.807, 2.05) is 44.2 Å². The fraction of sp³-hybridized carbons (Fsp3) is 0.235. The van der Waals surface area contributed by atoms with Gasteiger partial charge in [-0.25, -0.2) is 0 Å². The summed E-state index contributed by atoms with van der Waals surface area (Å²) < 4.78 is 6.09. The average molecular weight is 424 g/mol. The van der Waals surface area contributed by atoms with Gasteiger partial charge < -0.3 is 10.1 Å². The van der Waals surface area contributed by atoms with Crippen molar-refractivity contribution in [3.8, 4) is 0 Å². The second-order valence-electron chi connectivity index (χ2n) is 5.15. The minimum Gasteiger partial charge on any atom is -0.455 e. The summed E-state index contributed by atoms with van der Waals surface area (Å²) in [7, 11) is 0. The fourth-order valence-corrected chi connectivity index (χ4v) is 2.57. The van der Waals surface area contributed by atoms with Crippen molar-refractivity contribution in [2.75, 3.05) is 11.9 Å². The van der Waals surface area contributed by atoms with E-state index in [0.717, 1.165) is 20.4 Å². The molecular formula is C17H17IN2O3. The summed E-state index contributed by atoms with van der Waals surface area (Å²) in [6, 6.07) is 9.34. The number of hydrogen-bond donors (Lipinski definition) is 1. The summed E-state index contributed by atoms with van der Waals surface area (Å²) in [4.78, 5) is 27.7. The lowest BCUT2D eigenvalue weighted by Crippen LogP contribution is -2.22. The Balaban J connectivity index is 1.81. The number of amides is 1. The van der Waals surface area contributed by atoms with Crippen molar-refractivity contribution in [1.29, 1.82) is 0 Å². The van der Waals surface area contributed by atoms with E-state index in [4.69, 9.17) is 4.74 Å². The van der Waals surface area contributed by atoms with E-state index in [9.17, 15) is 9.59 Å². The monoisotopic (exact) mass is 424 g/mol. The van der Waals surface area contributed by atoms with E-state index in [0.29, 0.717) is 5.69 Å². The maximum absolute atomic E-state index is 11.8. The Morgan fingerprint density at radius 1 is 1.22 bits per heavy atom. The Kier molecular flexibility index (Phi) is 6.09. The molecule has 0 saturated carbocycles. The van der Waals surface area contributed by atoms with E-state index in [2.05, 4.69) is 32.9 Å². The molecule has 0 fully saturated rings. The first-order chi connectivity index (χ1) is 10.9. The van der Waals surface area contributed by atoms with Crippen molar-refractivity contribution in [3.63, 3.8) is 0 Å². The number of benzene rings is 1. The van der Waals surface area contributed by atoms with Crippen molar-refractivity contribution in [1.82, 2.24) is 4.98 Å². The van der Waals surface area contributed by atoms with Crippen LogP contribution in [0.2, 0.25) is 0 Å². The number of carbonyl (C=O) groups is 2. The van der Waals surface area contributed by atoms with Crippen molar-refractivity contribution in [2.45, 2.75) is 20.3 Å². The summed E-state index contributed by atoms with van der Waals surface area (Å²) in [6.07, 6.45) is 1.73. The maximum atomic E-state index is 11.8. The molecular weight excluding hydrogens is 407 g/mol. The van der Waals surface area contributed by atoms with Gasteiger partial charge in [-0.3, -0.25) is 14.6 Å². The van der Waals surface area contributed by atoms with Crippen LogP contribution >= 0.6 is 22.6 Å². The van der Waals surface area contributed by atoms with Crippen LogP contribution in [0.5, 0.6) is 0 Å². The fourth-order valence-electron chi connectivity index (χ4n) is 1.92. The summed E-state index contributed by atoms with van der Waals surface area (Å²) >= 11 is 2.21. The molecule has 0 unspecified atom stereocenters. The molecule has 0 radical (unpaired) electrons. The van der Waals surface area contributed by atoms with Gasteiger partial charge in [0, 0.05) is 21.1 Å². The molecule has 2 aromatic rings. The summed E-state index contributed by atoms with van der Waals surface area (Å²) in [5.41, 5.74) is 3.32. The highest BCUT2D eigenvalue weighted by atomic mass is 127. The van der Waals surface area contributed by atoms with Crippen LogP contribution < -0.4 is 5.32 Å². The minimum atomic E-state index is -0.454. The topological polar surface area (TPSA) is 68.3 Å². The third-order valence-corrected chi connectivity index (χ3v) is 3.82. The number of carbonyl (C=O) groups excluding carboxylic acids is 2. The molecule has 1 aromatic carbocycles. The summed E-state index contributed by atoms with van der Waals surface area (Å²) in [6.45, 7) is 3.48. The molecule has 1 aromatic heterocycles. The number of pyridine rings is 1. The Labute approximate surface area is 148 Å². The van der Waals surface area contributed by atoms with E-state index in [1.165, 1.54) is 0 Å². The number of ether oxygens (including phenoxy) is 1. The van der Waals surface area contributed by atoms with Gasteiger partial charge in [-0.05, 0) is 71.8 Å². The Hall–Kier alpha value is -1.96. The highest BCUT2D eigenvalue weighted by molar-refractivity contribution is 14.1. The first-order valence-electron chi connectivity index (χ1n) is 7.07. The van der Waals surface area contributed by atoms with Crippen LogP contribution in [-0.4, -0.2) is 23.5 Å². The molecule has 0 bridgehead atoms. The van der Waals surface area contributed by atoms with Gasteiger partial charge in [-0.15, -0.1) is 0 Å². The first-order valence-corrected chi connectivity index (χ1v) is 8.15. The number of halogens is 1. The van der Waals surface area contributed by atoms with Crippen LogP contribution in [0, 0.1) is 17.4 Å². The third kappa shape index (κ3) is 5.63. The van der Waals surface area contributed by atoms with E-state index in [1.54, 1.807) is 6.20 Å². The minimum absolute atomic E-state index is 0.100. The summed E-state index contributed by atoms with van der Waals surface area (Å²) in [5, 5.41) is 2.73. The molecule has 0 aliphatic rings. The maximum Gasteiger partial charge on any atom is 0.310 e. The Morgan fingerprint density at radius 3 is 2.65 bits per heavy atom. The number of nitrogens with zero attached hydrogens (tertiary/aromatic N) is 1. The molecule has 5 nitrogen and oxygen atoms in total. The van der Waals surface area contributed by atoms with Gasteiger partial charge in [0.05, 0.1) is 6.42 Å². The number of anilines is 1. The Morgan fingerprint density at radius 2 is 2.00 bits per heavy atom. The second-order valence-corrected chi connectivity index (χ2v) is 6.40. The van der Waals surface area contributed by atoms with Gasteiger partial charge in [0.1, 0.15) is 0 Å². The third-order valence-electron chi connectivity index (χ3n) is 3.15. The molecule has 0 aliphatic heterocycles. The van der Waals surface area contributed by atoms with Gasteiger partial charge in [0.2, 0.25) is 0 Å². The molecule has 0 saturated heterocycles.